The predicted molar refractivity (Wildman–Crippen MR) is 89.1 cm³/mol. The number of aryl methyl sites for hydroxylation is 2. The minimum absolute atomic E-state index is 0.206. The topological polar surface area (TPSA) is 39.1 Å². The molecule has 2 atom stereocenters. The van der Waals surface area contributed by atoms with Gasteiger partial charge in [-0.1, -0.05) is 32.4 Å². The zero-order chi connectivity index (χ0) is 15.8. The number of nitrogens with one attached hydrogen (secondary N) is 1. The average Bonchev–Trinajstić information content (AvgIpc) is 2.76. The van der Waals surface area contributed by atoms with Crippen LogP contribution in [-0.2, 0) is 24.6 Å². The van der Waals surface area contributed by atoms with E-state index in [1.54, 1.807) is 0 Å². The van der Waals surface area contributed by atoms with Gasteiger partial charge < -0.3 is 10.1 Å². The van der Waals surface area contributed by atoms with Crippen LogP contribution >= 0.6 is 11.6 Å². The second kappa shape index (κ2) is 9.44. The second-order valence-electron chi connectivity index (χ2n) is 5.35. The summed E-state index contributed by atoms with van der Waals surface area (Å²) in [7, 11) is 1.97. The summed E-state index contributed by atoms with van der Waals surface area (Å²) in [4.78, 5) is 0. The molecule has 5 heteroatoms. The van der Waals surface area contributed by atoms with E-state index < -0.39 is 0 Å². The molecule has 1 N–H and O–H groups in total. The van der Waals surface area contributed by atoms with Crippen molar-refractivity contribution in [2.75, 3.05) is 13.2 Å². The molecule has 0 radical (unpaired) electrons. The van der Waals surface area contributed by atoms with Gasteiger partial charge in [0.05, 0.1) is 22.5 Å². The molecule has 2 unspecified atom stereocenters. The molecule has 1 aromatic rings. The van der Waals surface area contributed by atoms with E-state index >= 15 is 0 Å². The van der Waals surface area contributed by atoms with E-state index in [4.69, 9.17) is 16.3 Å². The van der Waals surface area contributed by atoms with Gasteiger partial charge in [0.1, 0.15) is 0 Å². The zero-order valence-corrected chi connectivity index (χ0v) is 14.8. The van der Waals surface area contributed by atoms with E-state index in [1.807, 2.05) is 18.7 Å². The molecule has 4 nitrogen and oxygen atoms in total. The van der Waals surface area contributed by atoms with Crippen LogP contribution in [0.3, 0.4) is 0 Å². The number of hydrogen-bond acceptors (Lipinski definition) is 3. The lowest BCUT2D eigenvalue weighted by molar-refractivity contribution is 0.0315. The van der Waals surface area contributed by atoms with Crippen LogP contribution in [0.15, 0.2) is 0 Å². The summed E-state index contributed by atoms with van der Waals surface area (Å²) in [6, 6.07) is 0.271. The lowest BCUT2D eigenvalue weighted by Crippen LogP contribution is -2.43. The molecule has 1 heterocycles. The highest BCUT2D eigenvalue weighted by atomic mass is 35.5. The third-order valence-electron chi connectivity index (χ3n) is 3.80. The molecule has 0 aliphatic rings. The van der Waals surface area contributed by atoms with E-state index in [0.717, 1.165) is 55.2 Å². The highest BCUT2D eigenvalue weighted by Gasteiger charge is 2.24. The van der Waals surface area contributed by atoms with Crippen molar-refractivity contribution < 1.29 is 4.74 Å². The summed E-state index contributed by atoms with van der Waals surface area (Å²) in [5, 5.41) is 8.93. The molecule has 0 bridgehead atoms. The molecule has 0 saturated carbocycles. The van der Waals surface area contributed by atoms with E-state index in [2.05, 4.69) is 31.2 Å². The third kappa shape index (κ3) is 4.97. The molecule has 0 amide bonds. The number of halogens is 1. The summed E-state index contributed by atoms with van der Waals surface area (Å²) in [6.07, 6.45) is 4.02. The van der Waals surface area contributed by atoms with E-state index in [-0.39, 0.29) is 12.1 Å². The molecule has 21 heavy (non-hydrogen) atoms. The van der Waals surface area contributed by atoms with E-state index in [0.29, 0.717) is 0 Å². The van der Waals surface area contributed by atoms with Gasteiger partial charge in [-0.15, -0.1) is 0 Å². The Balaban J connectivity index is 2.91. The minimum Gasteiger partial charge on any atom is -0.377 e. The smallest absolute Gasteiger partial charge is 0.0850 e. The maximum atomic E-state index is 6.48. The van der Waals surface area contributed by atoms with Gasteiger partial charge in [-0.25, -0.2) is 0 Å². The number of nitrogens with zero attached hydrogens (tertiary/aromatic N) is 2. The Morgan fingerprint density at radius 3 is 2.48 bits per heavy atom. The molecule has 0 spiro atoms. The highest BCUT2D eigenvalue weighted by Crippen LogP contribution is 2.23. The van der Waals surface area contributed by atoms with Crippen LogP contribution in [0.25, 0.3) is 0 Å². The lowest BCUT2D eigenvalue weighted by Gasteiger charge is -2.27. The first-order valence-corrected chi connectivity index (χ1v) is 8.51. The monoisotopic (exact) mass is 315 g/mol. The minimum atomic E-state index is 0.206. The summed E-state index contributed by atoms with van der Waals surface area (Å²) < 4.78 is 7.82. The van der Waals surface area contributed by atoms with Gasteiger partial charge in [0.15, 0.2) is 0 Å². The van der Waals surface area contributed by atoms with Crippen molar-refractivity contribution in [2.45, 2.75) is 65.5 Å². The Hall–Kier alpha value is -0.580. The Labute approximate surface area is 134 Å². The largest absolute Gasteiger partial charge is 0.377 e. The van der Waals surface area contributed by atoms with E-state index in [9.17, 15) is 0 Å². The Kier molecular flexibility index (Phi) is 8.30. The van der Waals surface area contributed by atoms with Gasteiger partial charge >= 0.3 is 0 Å². The van der Waals surface area contributed by atoms with Crippen molar-refractivity contribution in [3.05, 3.63) is 16.4 Å². The number of aromatic nitrogens is 2. The van der Waals surface area contributed by atoms with Gasteiger partial charge in [-0.3, -0.25) is 4.68 Å². The van der Waals surface area contributed by atoms with Crippen LogP contribution in [0.2, 0.25) is 5.02 Å². The van der Waals surface area contributed by atoms with Crippen LogP contribution < -0.4 is 5.32 Å². The zero-order valence-electron chi connectivity index (χ0n) is 14.1. The summed E-state index contributed by atoms with van der Waals surface area (Å²) in [5.41, 5.74) is 2.08. The van der Waals surface area contributed by atoms with Crippen LogP contribution in [0.1, 0.15) is 51.9 Å². The maximum Gasteiger partial charge on any atom is 0.0850 e. The molecule has 1 aromatic heterocycles. The fourth-order valence-corrected chi connectivity index (χ4v) is 3.02. The molecule has 0 aliphatic heterocycles. The van der Waals surface area contributed by atoms with Crippen molar-refractivity contribution >= 4 is 11.6 Å². The van der Waals surface area contributed by atoms with Crippen molar-refractivity contribution in [2.24, 2.45) is 7.05 Å². The SMILES string of the molecule is CCCNC(Cc1c(Cl)c(CC)nn1C)C(CC)OCC. The van der Waals surface area contributed by atoms with Crippen LogP contribution in [-0.4, -0.2) is 35.1 Å². The normalized spacial score (nSPS) is 14.4. The van der Waals surface area contributed by atoms with Gasteiger partial charge in [0.25, 0.3) is 0 Å². The van der Waals surface area contributed by atoms with Crippen molar-refractivity contribution in [3.63, 3.8) is 0 Å². The van der Waals surface area contributed by atoms with Crippen LogP contribution in [0.5, 0.6) is 0 Å². The highest BCUT2D eigenvalue weighted by molar-refractivity contribution is 6.31. The fourth-order valence-electron chi connectivity index (χ4n) is 2.65. The summed E-state index contributed by atoms with van der Waals surface area (Å²) >= 11 is 6.48. The van der Waals surface area contributed by atoms with Crippen LogP contribution in [0.4, 0.5) is 0 Å². The van der Waals surface area contributed by atoms with Crippen molar-refractivity contribution in [1.82, 2.24) is 15.1 Å². The molecule has 0 aromatic carbocycles. The molecule has 0 fully saturated rings. The molecule has 122 valence electrons. The maximum absolute atomic E-state index is 6.48. The van der Waals surface area contributed by atoms with Gasteiger partial charge in [-0.05, 0) is 32.7 Å². The first-order chi connectivity index (χ1) is 10.1. The first kappa shape index (κ1) is 18.5. The number of hydrogen-bond donors (Lipinski definition) is 1. The van der Waals surface area contributed by atoms with Gasteiger partial charge in [0, 0.05) is 26.1 Å². The summed E-state index contributed by atoms with van der Waals surface area (Å²) in [6.45, 7) is 10.2. The molecular weight excluding hydrogens is 286 g/mol. The third-order valence-corrected chi connectivity index (χ3v) is 4.24. The second-order valence-corrected chi connectivity index (χ2v) is 5.73. The number of rotatable bonds is 10. The standard InChI is InChI=1S/C16H30ClN3O/c1-6-10-18-13(15(8-3)21-9-4)11-14-16(17)12(7-2)19-20(14)5/h13,15,18H,6-11H2,1-5H3. The van der Waals surface area contributed by atoms with Crippen molar-refractivity contribution in [1.29, 1.82) is 0 Å². The average molecular weight is 316 g/mol. The fraction of sp³-hybridized carbons (Fsp3) is 0.812. The lowest BCUT2D eigenvalue weighted by atomic mass is 10.0. The quantitative estimate of drug-likeness (QED) is 0.719. The Morgan fingerprint density at radius 1 is 1.29 bits per heavy atom. The molecule has 0 saturated heterocycles. The predicted octanol–water partition coefficient (Wildman–Crippen LogP) is 3.36. The molecular formula is C16H30ClN3O. The van der Waals surface area contributed by atoms with Crippen molar-refractivity contribution in [3.8, 4) is 0 Å². The molecule has 0 aliphatic carbocycles. The van der Waals surface area contributed by atoms with Gasteiger partial charge in [-0.2, -0.15) is 5.10 Å². The van der Waals surface area contributed by atoms with Crippen LogP contribution in [0, 0.1) is 0 Å². The molecule has 1 rings (SSSR count). The summed E-state index contributed by atoms with van der Waals surface area (Å²) in [5.74, 6) is 0. The first-order valence-electron chi connectivity index (χ1n) is 8.14. The Morgan fingerprint density at radius 2 is 2.00 bits per heavy atom. The Bertz CT molecular complexity index is 420. The van der Waals surface area contributed by atoms with Gasteiger partial charge in [0.2, 0.25) is 0 Å². The number of ether oxygens (including phenoxy) is 1. The van der Waals surface area contributed by atoms with E-state index in [1.165, 1.54) is 0 Å².